The molecule has 11 heteroatoms. The molecule has 3 aromatic rings. The van der Waals surface area contributed by atoms with Crippen LogP contribution in [0.5, 0.6) is 0 Å². The van der Waals surface area contributed by atoms with E-state index >= 15 is 0 Å². The van der Waals surface area contributed by atoms with Gasteiger partial charge in [0.1, 0.15) is 5.69 Å². The fourth-order valence-electron chi connectivity index (χ4n) is 5.76. The van der Waals surface area contributed by atoms with Crippen molar-refractivity contribution in [1.29, 1.82) is 0 Å². The van der Waals surface area contributed by atoms with Crippen molar-refractivity contribution in [1.82, 2.24) is 29.0 Å². The van der Waals surface area contributed by atoms with Gasteiger partial charge in [-0.1, -0.05) is 6.07 Å². The Balaban J connectivity index is 1.19. The molecule has 5 rings (SSSR count). The van der Waals surface area contributed by atoms with Crippen molar-refractivity contribution in [2.75, 3.05) is 26.0 Å². The van der Waals surface area contributed by atoms with Gasteiger partial charge in [-0.3, -0.25) is 9.48 Å². The number of carbonyl (C=O) groups is 1. The number of piperidine rings is 1. The van der Waals surface area contributed by atoms with E-state index in [1.165, 1.54) is 17.2 Å². The number of aromatic nitrogens is 4. The summed E-state index contributed by atoms with van der Waals surface area (Å²) in [6, 6.07) is 6.29. The Morgan fingerprint density at radius 1 is 1.14 bits per heavy atom. The average Bonchev–Trinajstić information content (AvgIpc) is 3.47. The van der Waals surface area contributed by atoms with E-state index in [-0.39, 0.29) is 11.9 Å². The summed E-state index contributed by atoms with van der Waals surface area (Å²) < 4.78 is 36.7. The highest BCUT2D eigenvalue weighted by Gasteiger charge is 2.35. The third-order valence-electron chi connectivity index (χ3n) is 7.88. The number of ether oxygens (including phenoxy) is 1. The zero-order chi connectivity index (χ0) is 26.2. The van der Waals surface area contributed by atoms with Gasteiger partial charge in [0.15, 0.2) is 0 Å². The molecule has 2 atom stereocenters. The summed E-state index contributed by atoms with van der Waals surface area (Å²) in [5, 5.41) is 5.53. The van der Waals surface area contributed by atoms with Crippen molar-refractivity contribution in [2.24, 2.45) is 20.0 Å². The van der Waals surface area contributed by atoms with E-state index in [0.717, 1.165) is 31.2 Å². The van der Waals surface area contributed by atoms with E-state index in [0.29, 0.717) is 43.6 Å². The Morgan fingerprint density at radius 2 is 1.92 bits per heavy atom. The number of nitrogens with zero attached hydrogens (tertiary/aromatic N) is 5. The third kappa shape index (κ3) is 5.89. The zero-order valence-electron chi connectivity index (χ0n) is 21.7. The van der Waals surface area contributed by atoms with E-state index in [2.05, 4.69) is 33.0 Å². The van der Waals surface area contributed by atoms with Crippen LogP contribution in [0, 0.1) is 5.92 Å². The molecule has 3 heterocycles. The molecule has 0 radical (unpaired) electrons. The molecule has 1 aliphatic carbocycles. The highest BCUT2D eigenvalue weighted by atomic mass is 32.2. The SMILES string of the molecule is Cn1cncc1C(=O)N1CC[C@H](NS(C)(=O)=O)[C@H](OCC2CCC(c3ccc4c(cnn4C)c3)CC2)C1. The number of fused-ring (bicyclic) bond motifs is 1. The second-order valence-electron chi connectivity index (χ2n) is 10.6. The van der Waals surface area contributed by atoms with Gasteiger partial charge in [0, 0.05) is 39.2 Å². The van der Waals surface area contributed by atoms with Gasteiger partial charge < -0.3 is 14.2 Å². The number of hydrogen-bond acceptors (Lipinski definition) is 6. The summed E-state index contributed by atoms with van der Waals surface area (Å²) in [4.78, 5) is 18.8. The first-order valence-corrected chi connectivity index (χ1v) is 14.8. The van der Waals surface area contributed by atoms with Crippen LogP contribution in [-0.2, 0) is 28.9 Å². The summed E-state index contributed by atoms with van der Waals surface area (Å²) in [6.07, 6.45) is 10.7. The molecule has 0 spiro atoms. The number of aryl methyl sites for hydroxylation is 2. The Labute approximate surface area is 218 Å². The van der Waals surface area contributed by atoms with Crippen molar-refractivity contribution in [2.45, 2.75) is 50.2 Å². The van der Waals surface area contributed by atoms with Gasteiger partial charge in [-0.15, -0.1) is 0 Å². The van der Waals surface area contributed by atoms with Gasteiger partial charge in [0.05, 0.1) is 42.6 Å². The zero-order valence-corrected chi connectivity index (χ0v) is 22.5. The molecule has 37 heavy (non-hydrogen) atoms. The smallest absolute Gasteiger partial charge is 0.272 e. The van der Waals surface area contributed by atoms with E-state index in [4.69, 9.17) is 4.74 Å². The predicted octanol–water partition coefficient (Wildman–Crippen LogP) is 2.43. The quantitative estimate of drug-likeness (QED) is 0.504. The first kappa shape index (κ1) is 25.9. The maximum absolute atomic E-state index is 13.0. The number of rotatable bonds is 7. The number of hydrogen-bond donors (Lipinski definition) is 1. The van der Waals surface area contributed by atoms with Gasteiger partial charge in [-0.25, -0.2) is 18.1 Å². The molecule has 1 aliphatic heterocycles. The predicted molar refractivity (Wildman–Crippen MR) is 141 cm³/mol. The lowest BCUT2D eigenvalue weighted by Gasteiger charge is -2.39. The number of benzene rings is 1. The van der Waals surface area contributed by atoms with Crippen molar-refractivity contribution in [3.05, 3.63) is 48.2 Å². The maximum atomic E-state index is 13.0. The average molecular weight is 529 g/mol. The molecule has 0 bridgehead atoms. The molecule has 2 fully saturated rings. The molecule has 10 nitrogen and oxygen atoms in total. The first-order chi connectivity index (χ1) is 17.7. The molecular formula is C26H36N6O4S. The number of nitrogens with one attached hydrogen (secondary N) is 1. The summed E-state index contributed by atoms with van der Waals surface area (Å²) >= 11 is 0. The lowest BCUT2D eigenvalue weighted by Crippen LogP contribution is -2.56. The van der Waals surface area contributed by atoms with Crippen LogP contribution < -0.4 is 4.72 Å². The topological polar surface area (TPSA) is 111 Å². The highest BCUT2D eigenvalue weighted by Crippen LogP contribution is 2.37. The molecule has 200 valence electrons. The van der Waals surface area contributed by atoms with Crippen LogP contribution in [0.15, 0.2) is 36.9 Å². The second-order valence-corrected chi connectivity index (χ2v) is 12.4. The minimum absolute atomic E-state index is 0.113. The molecule has 1 aromatic carbocycles. The normalized spacial score (nSPS) is 25.0. The number of carbonyl (C=O) groups excluding carboxylic acids is 1. The van der Waals surface area contributed by atoms with Gasteiger partial charge in [0.2, 0.25) is 10.0 Å². The maximum Gasteiger partial charge on any atom is 0.272 e. The minimum Gasteiger partial charge on any atom is -0.374 e. The van der Waals surface area contributed by atoms with Crippen LogP contribution in [0.25, 0.3) is 10.9 Å². The van der Waals surface area contributed by atoms with E-state index in [9.17, 15) is 13.2 Å². The molecular weight excluding hydrogens is 492 g/mol. The van der Waals surface area contributed by atoms with Gasteiger partial charge in [-0.05, 0) is 61.6 Å². The number of sulfonamides is 1. The fourth-order valence-corrected chi connectivity index (χ4v) is 6.58. The Bertz CT molecular complexity index is 1360. The summed E-state index contributed by atoms with van der Waals surface area (Å²) in [7, 11) is 0.358. The van der Waals surface area contributed by atoms with Crippen LogP contribution >= 0.6 is 0 Å². The van der Waals surface area contributed by atoms with Gasteiger partial charge in [-0.2, -0.15) is 5.10 Å². The van der Waals surface area contributed by atoms with Crippen LogP contribution in [0.1, 0.15) is 54.1 Å². The fraction of sp³-hybridized carbons (Fsp3) is 0.577. The minimum atomic E-state index is -3.39. The highest BCUT2D eigenvalue weighted by molar-refractivity contribution is 7.88. The van der Waals surface area contributed by atoms with Crippen molar-refractivity contribution >= 4 is 26.8 Å². The monoisotopic (exact) mass is 528 g/mol. The molecule has 1 saturated carbocycles. The van der Waals surface area contributed by atoms with Crippen LogP contribution in [-0.4, -0.2) is 76.7 Å². The van der Waals surface area contributed by atoms with Crippen molar-refractivity contribution in [3.8, 4) is 0 Å². The molecule has 1 saturated heterocycles. The van der Waals surface area contributed by atoms with Crippen LogP contribution in [0.2, 0.25) is 0 Å². The summed E-state index contributed by atoms with van der Waals surface area (Å²) in [5.74, 6) is 0.833. The number of imidazole rings is 1. The number of likely N-dealkylation sites (tertiary alicyclic amines) is 1. The Morgan fingerprint density at radius 3 is 2.62 bits per heavy atom. The lowest BCUT2D eigenvalue weighted by atomic mass is 9.79. The Kier molecular flexibility index (Phi) is 7.37. The molecule has 2 aliphatic rings. The van der Waals surface area contributed by atoms with Gasteiger partial charge >= 0.3 is 0 Å². The van der Waals surface area contributed by atoms with E-state index in [1.807, 2.05) is 17.9 Å². The lowest BCUT2D eigenvalue weighted by molar-refractivity contribution is -0.0312. The molecule has 0 unspecified atom stereocenters. The molecule has 2 aromatic heterocycles. The Hall–Kier alpha value is -2.76. The summed E-state index contributed by atoms with van der Waals surface area (Å²) in [6.45, 7) is 1.37. The first-order valence-electron chi connectivity index (χ1n) is 12.9. The third-order valence-corrected chi connectivity index (χ3v) is 8.61. The van der Waals surface area contributed by atoms with E-state index < -0.39 is 16.1 Å². The van der Waals surface area contributed by atoms with Crippen LogP contribution in [0.4, 0.5) is 0 Å². The van der Waals surface area contributed by atoms with E-state index in [1.54, 1.807) is 29.0 Å². The molecule has 1 N–H and O–H groups in total. The molecule has 1 amide bonds. The van der Waals surface area contributed by atoms with Crippen molar-refractivity contribution in [3.63, 3.8) is 0 Å². The van der Waals surface area contributed by atoms with Crippen LogP contribution in [0.3, 0.4) is 0 Å². The second kappa shape index (κ2) is 10.5. The van der Waals surface area contributed by atoms with Gasteiger partial charge in [0.25, 0.3) is 5.91 Å². The number of amides is 1. The van der Waals surface area contributed by atoms with Crippen molar-refractivity contribution < 1.29 is 17.9 Å². The largest absolute Gasteiger partial charge is 0.374 e. The summed E-state index contributed by atoms with van der Waals surface area (Å²) in [5.41, 5.74) is 3.02. The standard InChI is InChI=1S/C26H36N6O4S/c1-30-17-27-14-24(30)26(33)32-11-10-22(29-37(3,34)35)25(15-32)36-16-18-4-6-19(7-5-18)20-8-9-23-21(12-20)13-28-31(23)2/h8-9,12-14,17-19,22,25,29H,4-7,10-11,15-16H2,1-3H3/t18?,19?,22-,25+/m0/s1.